The van der Waals surface area contributed by atoms with E-state index in [9.17, 15) is 9.59 Å². The van der Waals surface area contributed by atoms with Gasteiger partial charge in [-0.15, -0.1) is 0 Å². The van der Waals surface area contributed by atoms with Crippen LogP contribution in [0.2, 0.25) is 0 Å². The first-order valence-corrected chi connectivity index (χ1v) is 5.61. The van der Waals surface area contributed by atoms with Gasteiger partial charge in [0.05, 0.1) is 5.56 Å². The summed E-state index contributed by atoms with van der Waals surface area (Å²) in [5.41, 5.74) is 0.891. The van der Waals surface area contributed by atoms with Gasteiger partial charge >= 0.3 is 0 Å². The van der Waals surface area contributed by atoms with Crippen LogP contribution < -0.4 is 0 Å². The number of aliphatic hydroxyl groups excluding tert-OH is 1. The predicted octanol–water partition coefficient (Wildman–Crippen LogP) is 2.07. The molecule has 2 N–H and O–H groups in total. The molecule has 19 heavy (non-hydrogen) atoms. The fourth-order valence-corrected chi connectivity index (χ4v) is 1.30. The third-order valence-electron chi connectivity index (χ3n) is 2.30. The molecule has 2 aromatic carbocycles. The quantitative estimate of drug-likeness (QED) is 0.652. The molecule has 2 aromatic rings. The van der Waals surface area contributed by atoms with Crippen LogP contribution in [-0.2, 0) is 0 Å². The number of hydrogen-bond acceptors (Lipinski definition) is 4. The van der Waals surface area contributed by atoms with Crippen molar-refractivity contribution < 1.29 is 19.8 Å². The van der Waals surface area contributed by atoms with Crippen LogP contribution in [0.1, 0.15) is 20.7 Å². The third kappa shape index (κ3) is 4.73. The molecular weight excluding hydrogens is 244 g/mol. The number of benzene rings is 2. The molecule has 0 saturated carbocycles. The zero-order valence-corrected chi connectivity index (χ0v) is 10.2. The molecule has 0 aliphatic heterocycles. The number of carbonyl (C=O) groups excluding carboxylic acids is 2. The largest absolute Gasteiger partial charge is 0.507 e. The van der Waals surface area contributed by atoms with Gasteiger partial charge in [-0.05, 0) is 12.1 Å². The van der Waals surface area contributed by atoms with Gasteiger partial charge in [-0.3, -0.25) is 9.59 Å². The zero-order chi connectivity index (χ0) is 14.1. The Kier molecular flexibility index (Phi) is 5.98. The normalized spacial score (nSPS) is 9.11. The molecule has 0 amide bonds. The van der Waals surface area contributed by atoms with Gasteiger partial charge in [0.25, 0.3) is 0 Å². The summed E-state index contributed by atoms with van der Waals surface area (Å²) in [4.78, 5) is 20.8. The van der Waals surface area contributed by atoms with Gasteiger partial charge in [-0.1, -0.05) is 42.5 Å². The lowest BCUT2D eigenvalue weighted by Crippen LogP contribution is -2.02. The molecule has 0 unspecified atom stereocenters. The number of carbonyl (C=O) groups is 2. The molecule has 0 aliphatic rings. The summed E-state index contributed by atoms with van der Waals surface area (Å²) in [5.74, 6) is -0.201. The number of aliphatic hydroxyl groups is 1. The Morgan fingerprint density at radius 2 is 1.58 bits per heavy atom. The van der Waals surface area contributed by atoms with Crippen molar-refractivity contribution in [1.29, 1.82) is 0 Å². The van der Waals surface area contributed by atoms with E-state index >= 15 is 0 Å². The number of aldehydes is 1. The van der Waals surface area contributed by atoms with E-state index in [0.29, 0.717) is 17.4 Å². The van der Waals surface area contributed by atoms with Gasteiger partial charge in [0, 0.05) is 5.56 Å². The lowest BCUT2D eigenvalue weighted by molar-refractivity contribution is 0.0903. The van der Waals surface area contributed by atoms with Crippen LogP contribution in [-0.4, -0.2) is 28.9 Å². The lowest BCUT2D eigenvalue weighted by Gasteiger charge is -1.93. The van der Waals surface area contributed by atoms with Crippen molar-refractivity contribution in [3.8, 4) is 5.75 Å². The molecule has 0 spiro atoms. The van der Waals surface area contributed by atoms with Crippen molar-refractivity contribution >= 4 is 12.1 Å². The van der Waals surface area contributed by atoms with E-state index in [1.54, 1.807) is 42.5 Å². The van der Waals surface area contributed by atoms with E-state index < -0.39 is 6.61 Å². The minimum atomic E-state index is -0.413. The lowest BCUT2D eigenvalue weighted by atomic mass is 10.1. The number of rotatable bonds is 3. The topological polar surface area (TPSA) is 74.6 Å². The molecule has 0 aromatic heterocycles. The van der Waals surface area contributed by atoms with Crippen LogP contribution in [0.25, 0.3) is 0 Å². The van der Waals surface area contributed by atoms with Gasteiger partial charge in [0.2, 0.25) is 0 Å². The average molecular weight is 258 g/mol. The SMILES string of the molecule is O=C(CO)c1ccccc1.O=Cc1ccccc1O. The molecule has 0 atom stereocenters. The molecule has 4 nitrogen and oxygen atoms in total. The Bertz CT molecular complexity index is 535. The van der Waals surface area contributed by atoms with E-state index in [-0.39, 0.29) is 11.5 Å². The van der Waals surface area contributed by atoms with Crippen molar-refractivity contribution in [1.82, 2.24) is 0 Å². The number of ketones is 1. The van der Waals surface area contributed by atoms with Crippen LogP contribution in [0.4, 0.5) is 0 Å². The molecule has 0 aliphatic carbocycles. The average Bonchev–Trinajstić information content (AvgIpc) is 2.48. The highest BCUT2D eigenvalue weighted by molar-refractivity contribution is 5.96. The third-order valence-corrected chi connectivity index (χ3v) is 2.30. The molecule has 0 heterocycles. The number of aromatic hydroxyl groups is 1. The fraction of sp³-hybridized carbons (Fsp3) is 0.0667. The molecule has 0 fully saturated rings. The standard InChI is InChI=1S/C8H8O2.C7H6O2/c9-6-8(10)7-4-2-1-3-5-7;8-5-6-3-1-2-4-7(6)9/h1-5,9H,6H2;1-5,9H. The first kappa shape index (κ1) is 14.6. The number of hydrogen-bond donors (Lipinski definition) is 2. The summed E-state index contributed by atoms with van der Waals surface area (Å²) in [6, 6.07) is 15.1. The van der Waals surface area contributed by atoms with Crippen LogP contribution >= 0.6 is 0 Å². The summed E-state index contributed by atoms with van der Waals surface area (Å²) in [6.45, 7) is -0.413. The van der Waals surface area contributed by atoms with Gasteiger partial charge in [0.15, 0.2) is 12.1 Å². The second-order valence-electron chi connectivity index (χ2n) is 3.62. The fourth-order valence-electron chi connectivity index (χ4n) is 1.30. The molecule has 2 rings (SSSR count). The minimum Gasteiger partial charge on any atom is -0.507 e. The highest BCUT2D eigenvalue weighted by Gasteiger charge is 1.99. The maximum absolute atomic E-state index is 10.8. The summed E-state index contributed by atoms with van der Waals surface area (Å²) in [5, 5.41) is 17.3. The molecule has 4 heteroatoms. The van der Waals surface area contributed by atoms with Crippen LogP contribution in [0.5, 0.6) is 5.75 Å². The molecule has 98 valence electrons. The van der Waals surface area contributed by atoms with Gasteiger partial charge in [-0.25, -0.2) is 0 Å². The summed E-state index contributed by atoms with van der Waals surface area (Å²) >= 11 is 0. The maximum atomic E-state index is 10.8. The van der Waals surface area contributed by atoms with Gasteiger partial charge < -0.3 is 10.2 Å². The smallest absolute Gasteiger partial charge is 0.188 e. The van der Waals surface area contributed by atoms with Crippen LogP contribution in [0, 0.1) is 0 Å². The van der Waals surface area contributed by atoms with Crippen molar-refractivity contribution in [2.75, 3.05) is 6.61 Å². The first-order chi connectivity index (χ1) is 9.19. The second kappa shape index (κ2) is 7.79. The van der Waals surface area contributed by atoms with Gasteiger partial charge in [0.1, 0.15) is 12.4 Å². The first-order valence-electron chi connectivity index (χ1n) is 5.61. The summed E-state index contributed by atoms with van der Waals surface area (Å²) < 4.78 is 0. The molecule has 0 radical (unpaired) electrons. The van der Waals surface area contributed by atoms with E-state index in [1.165, 1.54) is 6.07 Å². The number of Topliss-reactive ketones (excluding diaryl/α,β-unsaturated/α-hetero) is 1. The summed E-state index contributed by atoms with van der Waals surface area (Å²) in [7, 11) is 0. The van der Waals surface area contributed by atoms with Crippen molar-refractivity contribution in [2.24, 2.45) is 0 Å². The maximum Gasteiger partial charge on any atom is 0.188 e. The number of phenols is 1. The van der Waals surface area contributed by atoms with E-state index in [1.807, 2.05) is 6.07 Å². The van der Waals surface area contributed by atoms with Crippen molar-refractivity contribution in [3.63, 3.8) is 0 Å². The number of phenolic OH excluding ortho intramolecular Hbond substituents is 1. The Morgan fingerprint density at radius 3 is 2.05 bits per heavy atom. The monoisotopic (exact) mass is 258 g/mol. The molecular formula is C15H14O4. The second-order valence-corrected chi connectivity index (χ2v) is 3.62. The Labute approximate surface area is 111 Å². The molecule has 0 saturated heterocycles. The van der Waals surface area contributed by atoms with Crippen LogP contribution in [0.3, 0.4) is 0 Å². The predicted molar refractivity (Wildman–Crippen MR) is 71.4 cm³/mol. The Balaban J connectivity index is 0.000000191. The summed E-state index contributed by atoms with van der Waals surface area (Å²) in [6.07, 6.45) is 0.620. The van der Waals surface area contributed by atoms with Crippen molar-refractivity contribution in [3.05, 3.63) is 65.7 Å². The van der Waals surface area contributed by atoms with Gasteiger partial charge in [-0.2, -0.15) is 0 Å². The zero-order valence-electron chi connectivity index (χ0n) is 10.2. The van der Waals surface area contributed by atoms with E-state index in [4.69, 9.17) is 10.2 Å². The van der Waals surface area contributed by atoms with Crippen LogP contribution in [0.15, 0.2) is 54.6 Å². The highest BCUT2D eigenvalue weighted by Crippen LogP contribution is 2.11. The number of para-hydroxylation sites is 1. The minimum absolute atomic E-state index is 0.0347. The highest BCUT2D eigenvalue weighted by atomic mass is 16.3. The Morgan fingerprint density at radius 1 is 1.00 bits per heavy atom. The molecule has 0 bridgehead atoms. The Hall–Kier alpha value is -2.46. The van der Waals surface area contributed by atoms with Crippen molar-refractivity contribution in [2.45, 2.75) is 0 Å². The van der Waals surface area contributed by atoms with E-state index in [0.717, 1.165) is 0 Å². The van der Waals surface area contributed by atoms with E-state index in [2.05, 4.69) is 0 Å².